The molecule has 5 heteroatoms. The minimum absolute atomic E-state index is 0.153. The normalized spacial score (nSPS) is 10.0. The number of thioether (sulfide) groups is 1. The third kappa shape index (κ3) is 4.35. The van der Waals surface area contributed by atoms with E-state index in [1.54, 1.807) is 18.2 Å². The highest BCUT2D eigenvalue weighted by molar-refractivity contribution is 7.98. The van der Waals surface area contributed by atoms with Gasteiger partial charge in [-0.25, -0.2) is 0 Å². The van der Waals surface area contributed by atoms with E-state index >= 15 is 0 Å². The van der Waals surface area contributed by atoms with Crippen molar-refractivity contribution in [3.05, 3.63) is 35.4 Å². The van der Waals surface area contributed by atoms with Gasteiger partial charge < -0.3 is 10.8 Å². The molecule has 0 radical (unpaired) electrons. The Morgan fingerprint density at radius 2 is 2.12 bits per heavy atom. The van der Waals surface area contributed by atoms with Gasteiger partial charge in [0.25, 0.3) is 0 Å². The van der Waals surface area contributed by atoms with Crippen molar-refractivity contribution in [3.8, 4) is 0 Å². The maximum Gasteiger partial charge on any atom is 0.304 e. The summed E-state index contributed by atoms with van der Waals surface area (Å²) in [5.74, 6) is 0.0145. The van der Waals surface area contributed by atoms with Gasteiger partial charge in [-0.2, -0.15) is 11.8 Å². The maximum atomic E-state index is 10.9. The molecule has 1 rings (SSSR count). The third-order valence-corrected chi connectivity index (χ3v) is 2.97. The van der Waals surface area contributed by atoms with Crippen LogP contribution < -0.4 is 5.73 Å². The van der Waals surface area contributed by atoms with Crippen LogP contribution in [0.5, 0.6) is 0 Å². The summed E-state index contributed by atoms with van der Waals surface area (Å²) in [5, 5.41) is 8.45. The van der Waals surface area contributed by atoms with Crippen molar-refractivity contribution in [1.29, 1.82) is 0 Å². The molecular weight excluding hydrogens is 226 g/mol. The van der Waals surface area contributed by atoms with Gasteiger partial charge in [0.2, 0.25) is 5.91 Å². The Labute approximate surface area is 97.8 Å². The zero-order valence-electron chi connectivity index (χ0n) is 8.68. The molecule has 1 aromatic carbocycles. The zero-order valence-corrected chi connectivity index (χ0v) is 9.50. The van der Waals surface area contributed by atoms with Gasteiger partial charge >= 0.3 is 5.97 Å². The molecule has 3 N–H and O–H groups in total. The van der Waals surface area contributed by atoms with Crippen molar-refractivity contribution in [3.63, 3.8) is 0 Å². The second kappa shape index (κ2) is 6.17. The van der Waals surface area contributed by atoms with Gasteiger partial charge in [0.05, 0.1) is 6.42 Å². The lowest BCUT2D eigenvalue weighted by molar-refractivity contribution is -0.136. The molecule has 1 aromatic rings. The van der Waals surface area contributed by atoms with Gasteiger partial charge in [-0.15, -0.1) is 0 Å². The minimum Gasteiger partial charge on any atom is -0.481 e. The number of primary amides is 1. The fourth-order valence-electron chi connectivity index (χ4n) is 1.16. The van der Waals surface area contributed by atoms with Crippen molar-refractivity contribution >= 4 is 23.6 Å². The Kier molecular flexibility index (Phi) is 4.85. The smallest absolute Gasteiger partial charge is 0.304 e. The number of hydrogen-bond donors (Lipinski definition) is 2. The average molecular weight is 239 g/mol. The topological polar surface area (TPSA) is 80.4 Å². The van der Waals surface area contributed by atoms with Gasteiger partial charge in [0.1, 0.15) is 0 Å². The first-order chi connectivity index (χ1) is 7.59. The van der Waals surface area contributed by atoms with Crippen LogP contribution in [0.4, 0.5) is 0 Å². The van der Waals surface area contributed by atoms with Crippen LogP contribution >= 0.6 is 11.8 Å². The molecule has 0 unspecified atom stereocenters. The molecule has 0 atom stereocenters. The minimum atomic E-state index is -0.793. The third-order valence-electron chi connectivity index (χ3n) is 1.94. The van der Waals surface area contributed by atoms with Gasteiger partial charge in [-0.05, 0) is 17.7 Å². The number of rotatable bonds is 6. The zero-order chi connectivity index (χ0) is 12.0. The van der Waals surface area contributed by atoms with Crippen molar-refractivity contribution in [2.24, 2.45) is 5.73 Å². The number of carbonyl (C=O) groups excluding carboxylic acids is 1. The molecule has 16 heavy (non-hydrogen) atoms. The molecule has 0 aromatic heterocycles. The number of carboxylic acid groups (broad SMARTS) is 1. The highest BCUT2D eigenvalue weighted by Gasteiger charge is 2.02. The fourth-order valence-corrected chi connectivity index (χ4v) is 2.04. The largest absolute Gasteiger partial charge is 0.481 e. The summed E-state index contributed by atoms with van der Waals surface area (Å²) < 4.78 is 0. The van der Waals surface area contributed by atoms with Crippen LogP contribution in [0.3, 0.4) is 0 Å². The predicted molar refractivity (Wildman–Crippen MR) is 63.4 cm³/mol. The molecule has 0 saturated carbocycles. The Balaban J connectivity index is 2.45. The van der Waals surface area contributed by atoms with Crippen LogP contribution in [0.15, 0.2) is 24.3 Å². The molecule has 86 valence electrons. The number of carbonyl (C=O) groups is 2. The number of amides is 1. The highest BCUT2D eigenvalue weighted by atomic mass is 32.2. The van der Waals surface area contributed by atoms with Crippen molar-refractivity contribution < 1.29 is 14.7 Å². The van der Waals surface area contributed by atoms with Crippen molar-refractivity contribution in [1.82, 2.24) is 0 Å². The molecule has 1 amide bonds. The van der Waals surface area contributed by atoms with Crippen LogP contribution in [0, 0.1) is 0 Å². The Morgan fingerprint density at radius 1 is 1.38 bits per heavy atom. The molecule has 0 aliphatic rings. The van der Waals surface area contributed by atoms with Crippen molar-refractivity contribution in [2.45, 2.75) is 12.2 Å². The summed E-state index contributed by atoms with van der Waals surface area (Å²) in [5.41, 5.74) is 6.61. The van der Waals surface area contributed by atoms with Crippen LogP contribution in [0.2, 0.25) is 0 Å². The highest BCUT2D eigenvalue weighted by Crippen LogP contribution is 2.14. The van der Waals surface area contributed by atoms with E-state index in [2.05, 4.69) is 0 Å². The summed E-state index contributed by atoms with van der Waals surface area (Å²) >= 11 is 1.52. The quantitative estimate of drug-likeness (QED) is 0.737. The van der Waals surface area contributed by atoms with Crippen LogP contribution in [0.1, 0.15) is 22.3 Å². The number of carboxylic acids is 1. The monoisotopic (exact) mass is 239 g/mol. The van der Waals surface area contributed by atoms with Crippen molar-refractivity contribution in [2.75, 3.05) is 5.75 Å². The maximum absolute atomic E-state index is 10.9. The van der Waals surface area contributed by atoms with Gasteiger partial charge in [0, 0.05) is 17.1 Å². The van der Waals surface area contributed by atoms with E-state index < -0.39 is 11.9 Å². The molecular formula is C11H13NO3S. The first-order valence-electron chi connectivity index (χ1n) is 4.78. The summed E-state index contributed by atoms with van der Waals surface area (Å²) in [4.78, 5) is 21.2. The summed E-state index contributed by atoms with van der Waals surface area (Å²) in [6.07, 6.45) is 0.153. The van der Waals surface area contributed by atoms with E-state index in [4.69, 9.17) is 10.8 Å². The molecule has 0 heterocycles. The predicted octanol–water partition coefficient (Wildman–Crippen LogP) is 1.49. The van der Waals surface area contributed by atoms with E-state index in [-0.39, 0.29) is 6.42 Å². The standard InChI is InChI=1S/C11H13NO3S/c12-11(15)9-3-1-2-8(6-9)7-16-5-4-10(13)14/h1-3,6H,4-5,7H2,(H2,12,15)(H,13,14). The summed E-state index contributed by atoms with van der Waals surface area (Å²) in [6, 6.07) is 7.05. The van der Waals surface area contributed by atoms with E-state index in [0.717, 1.165) is 5.56 Å². The lowest BCUT2D eigenvalue weighted by Gasteiger charge is -2.02. The molecule has 0 saturated heterocycles. The summed E-state index contributed by atoms with van der Waals surface area (Å²) in [6.45, 7) is 0. The van der Waals surface area contributed by atoms with Crippen LogP contribution in [-0.4, -0.2) is 22.7 Å². The second-order valence-corrected chi connectivity index (χ2v) is 4.37. The molecule has 0 bridgehead atoms. The number of hydrogen-bond acceptors (Lipinski definition) is 3. The first-order valence-corrected chi connectivity index (χ1v) is 5.93. The Morgan fingerprint density at radius 3 is 2.75 bits per heavy atom. The van der Waals surface area contributed by atoms with Gasteiger partial charge in [0.15, 0.2) is 0 Å². The Hall–Kier alpha value is -1.49. The summed E-state index contributed by atoms with van der Waals surface area (Å²) in [7, 11) is 0. The number of nitrogens with two attached hydrogens (primary N) is 1. The first kappa shape index (κ1) is 12.6. The average Bonchev–Trinajstić information content (AvgIpc) is 2.24. The van der Waals surface area contributed by atoms with E-state index in [9.17, 15) is 9.59 Å². The van der Waals surface area contributed by atoms with E-state index in [1.807, 2.05) is 6.07 Å². The molecule has 0 spiro atoms. The molecule has 0 fully saturated rings. The van der Waals surface area contributed by atoms with E-state index in [1.165, 1.54) is 11.8 Å². The Bertz CT molecular complexity index is 393. The van der Waals surface area contributed by atoms with Crippen LogP contribution in [0.25, 0.3) is 0 Å². The fraction of sp³-hybridized carbons (Fsp3) is 0.273. The van der Waals surface area contributed by atoms with Gasteiger partial charge in [-0.1, -0.05) is 12.1 Å². The molecule has 0 aliphatic carbocycles. The SMILES string of the molecule is NC(=O)c1cccc(CSCCC(=O)O)c1. The molecule has 4 nitrogen and oxygen atoms in total. The lowest BCUT2D eigenvalue weighted by atomic mass is 10.1. The number of aliphatic carboxylic acids is 1. The second-order valence-electron chi connectivity index (χ2n) is 3.26. The van der Waals surface area contributed by atoms with Gasteiger partial charge in [-0.3, -0.25) is 9.59 Å². The molecule has 0 aliphatic heterocycles. The lowest BCUT2D eigenvalue weighted by Crippen LogP contribution is -2.10. The van der Waals surface area contributed by atoms with Crippen LogP contribution in [-0.2, 0) is 10.5 Å². The number of benzene rings is 1. The van der Waals surface area contributed by atoms with E-state index in [0.29, 0.717) is 17.1 Å².